The molecule has 0 amide bonds. The lowest BCUT2D eigenvalue weighted by Crippen LogP contribution is -2.11. The van der Waals surface area contributed by atoms with Crippen LogP contribution in [0.5, 0.6) is 5.75 Å². The zero-order chi connectivity index (χ0) is 13.1. The molecule has 96 valence electrons. The van der Waals surface area contributed by atoms with Crippen LogP contribution in [0.4, 0.5) is 8.78 Å². The molecule has 2 rings (SSSR count). The molecule has 1 aromatic carbocycles. The molecule has 18 heavy (non-hydrogen) atoms. The smallest absolute Gasteiger partial charge is 0.387 e. The summed E-state index contributed by atoms with van der Waals surface area (Å²) >= 11 is 0. The molecule has 0 spiro atoms. The predicted molar refractivity (Wildman–Crippen MR) is 62.3 cm³/mol. The highest BCUT2D eigenvalue weighted by atomic mass is 19.3. The fraction of sp³-hybridized carbons (Fsp3) is 0.250. The Morgan fingerprint density at radius 2 is 1.89 bits per heavy atom. The molecule has 0 bridgehead atoms. The van der Waals surface area contributed by atoms with Crippen molar-refractivity contribution in [2.75, 3.05) is 0 Å². The molecule has 2 N–H and O–H groups in total. The van der Waals surface area contributed by atoms with E-state index in [4.69, 9.17) is 5.73 Å². The van der Waals surface area contributed by atoms with Crippen LogP contribution in [-0.4, -0.2) is 16.4 Å². The van der Waals surface area contributed by atoms with Crippen LogP contribution < -0.4 is 10.5 Å². The summed E-state index contributed by atoms with van der Waals surface area (Å²) < 4.78 is 29.9. The Balaban J connectivity index is 2.14. The molecule has 0 saturated carbocycles. The Kier molecular flexibility index (Phi) is 3.57. The minimum Gasteiger partial charge on any atom is -0.435 e. The van der Waals surface area contributed by atoms with Gasteiger partial charge in [-0.3, -0.25) is 4.68 Å². The zero-order valence-electron chi connectivity index (χ0n) is 9.75. The van der Waals surface area contributed by atoms with Crippen molar-refractivity contribution in [3.63, 3.8) is 0 Å². The minimum atomic E-state index is -2.82. The highest BCUT2D eigenvalue weighted by Crippen LogP contribution is 2.22. The lowest BCUT2D eigenvalue weighted by atomic mass is 10.0. The van der Waals surface area contributed by atoms with Crippen LogP contribution in [0.3, 0.4) is 0 Å². The molecule has 0 aliphatic carbocycles. The van der Waals surface area contributed by atoms with Crippen LogP contribution >= 0.6 is 0 Å². The molecular formula is C12H13F2N3O. The standard InChI is InChI=1S/C12H13F2N3O/c1-17-7-9(6-16-17)11(15)8-2-4-10(5-3-8)18-12(13)14/h2-7,11-12H,15H2,1H3/t11-/m0/s1. The summed E-state index contributed by atoms with van der Waals surface area (Å²) in [5, 5.41) is 4.03. The lowest BCUT2D eigenvalue weighted by molar-refractivity contribution is -0.0498. The van der Waals surface area contributed by atoms with E-state index in [-0.39, 0.29) is 11.8 Å². The van der Waals surface area contributed by atoms with E-state index in [2.05, 4.69) is 9.84 Å². The van der Waals surface area contributed by atoms with E-state index in [1.165, 1.54) is 12.1 Å². The molecule has 0 fully saturated rings. The minimum absolute atomic E-state index is 0.118. The number of nitrogens with zero attached hydrogens (tertiary/aromatic N) is 2. The average molecular weight is 253 g/mol. The van der Waals surface area contributed by atoms with E-state index in [0.29, 0.717) is 0 Å². The van der Waals surface area contributed by atoms with Gasteiger partial charge in [-0.05, 0) is 17.7 Å². The molecular weight excluding hydrogens is 240 g/mol. The number of alkyl halides is 2. The van der Waals surface area contributed by atoms with E-state index < -0.39 is 6.61 Å². The number of halogens is 2. The molecule has 1 heterocycles. The normalized spacial score (nSPS) is 12.7. The van der Waals surface area contributed by atoms with Gasteiger partial charge in [0.05, 0.1) is 12.2 Å². The third-order valence-corrected chi connectivity index (χ3v) is 2.55. The summed E-state index contributed by atoms with van der Waals surface area (Å²) in [6, 6.07) is 5.93. The van der Waals surface area contributed by atoms with Gasteiger partial charge in [-0.2, -0.15) is 13.9 Å². The number of aromatic nitrogens is 2. The summed E-state index contributed by atoms with van der Waals surface area (Å²) in [5.41, 5.74) is 7.71. The molecule has 4 nitrogen and oxygen atoms in total. The van der Waals surface area contributed by atoms with Gasteiger partial charge < -0.3 is 10.5 Å². The van der Waals surface area contributed by atoms with Crippen LogP contribution in [0, 0.1) is 0 Å². The molecule has 1 atom stereocenters. The summed E-state index contributed by atoms with van der Waals surface area (Å²) in [5.74, 6) is 0.118. The third kappa shape index (κ3) is 2.84. The van der Waals surface area contributed by atoms with Gasteiger partial charge in [0.15, 0.2) is 0 Å². The first-order chi connectivity index (χ1) is 8.56. The maximum absolute atomic E-state index is 12.0. The summed E-state index contributed by atoms with van der Waals surface area (Å²) in [4.78, 5) is 0. The molecule has 2 aromatic rings. The van der Waals surface area contributed by atoms with E-state index >= 15 is 0 Å². The Hall–Kier alpha value is -1.95. The Morgan fingerprint density at radius 3 is 2.39 bits per heavy atom. The second-order valence-corrected chi connectivity index (χ2v) is 3.87. The van der Waals surface area contributed by atoms with Crippen LogP contribution in [0.15, 0.2) is 36.7 Å². The van der Waals surface area contributed by atoms with Gasteiger partial charge in [0.25, 0.3) is 0 Å². The van der Waals surface area contributed by atoms with Gasteiger partial charge in [0.2, 0.25) is 0 Å². The Bertz CT molecular complexity index is 510. The predicted octanol–water partition coefficient (Wildman–Crippen LogP) is 2.07. The average Bonchev–Trinajstić information content (AvgIpc) is 2.75. The van der Waals surface area contributed by atoms with Crippen molar-refractivity contribution in [3.8, 4) is 5.75 Å². The van der Waals surface area contributed by atoms with Crippen molar-refractivity contribution in [1.82, 2.24) is 9.78 Å². The second-order valence-electron chi connectivity index (χ2n) is 3.87. The fourth-order valence-corrected chi connectivity index (χ4v) is 1.65. The summed E-state index contributed by atoms with van der Waals surface area (Å²) in [6.07, 6.45) is 3.49. The Labute approximate surface area is 103 Å². The first-order valence-corrected chi connectivity index (χ1v) is 5.35. The number of ether oxygens (including phenoxy) is 1. The van der Waals surface area contributed by atoms with Crippen LogP contribution in [0.2, 0.25) is 0 Å². The van der Waals surface area contributed by atoms with Crippen molar-refractivity contribution in [3.05, 3.63) is 47.8 Å². The number of aryl methyl sites for hydroxylation is 1. The first-order valence-electron chi connectivity index (χ1n) is 5.35. The SMILES string of the molecule is Cn1cc([C@@H](N)c2ccc(OC(F)F)cc2)cn1. The van der Waals surface area contributed by atoms with Crippen LogP contribution in [0.1, 0.15) is 17.2 Å². The topological polar surface area (TPSA) is 53.1 Å². The van der Waals surface area contributed by atoms with Crippen molar-refractivity contribution >= 4 is 0 Å². The number of benzene rings is 1. The van der Waals surface area contributed by atoms with E-state index in [0.717, 1.165) is 11.1 Å². The second kappa shape index (κ2) is 5.14. The first kappa shape index (κ1) is 12.5. The lowest BCUT2D eigenvalue weighted by Gasteiger charge is -2.11. The van der Waals surface area contributed by atoms with Gasteiger partial charge in [-0.1, -0.05) is 12.1 Å². The third-order valence-electron chi connectivity index (χ3n) is 2.55. The van der Waals surface area contributed by atoms with Gasteiger partial charge in [0.1, 0.15) is 5.75 Å². The molecule has 6 heteroatoms. The highest BCUT2D eigenvalue weighted by Gasteiger charge is 2.11. The van der Waals surface area contributed by atoms with E-state index in [1.54, 1.807) is 30.1 Å². The van der Waals surface area contributed by atoms with Gasteiger partial charge in [0, 0.05) is 18.8 Å². The van der Waals surface area contributed by atoms with Crippen LogP contribution in [-0.2, 0) is 7.05 Å². The van der Waals surface area contributed by atoms with Crippen molar-refractivity contribution in [1.29, 1.82) is 0 Å². The molecule has 0 aliphatic heterocycles. The quantitative estimate of drug-likeness (QED) is 0.907. The number of hydrogen-bond donors (Lipinski definition) is 1. The van der Waals surface area contributed by atoms with Gasteiger partial charge in [-0.15, -0.1) is 0 Å². The van der Waals surface area contributed by atoms with Gasteiger partial charge in [-0.25, -0.2) is 0 Å². The van der Waals surface area contributed by atoms with Crippen molar-refractivity contribution in [2.24, 2.45) is 12.8 Å². The fourth-order valence-electron chi connectivity index (χ4n) is 1.65. The highest BCUT2D eigenvalue weighted by molar-refractivity contribution is 5.33. The van der Waals surface area contributed by atoms with Crippen molar-refractivity contribution < 1.29 is 13.5 Å². The zero-order valence-corrected chi connectivity index (χ0v) is 9.75. The maximum atomic E-state index is 12.0. The summed E-state index contributed by atoms with van der Waals surface area (Å²) in [7, 11) is 1.80. The largest absolute Gasteiger partial charge is 0.435 e. The number of hydrogen-bond acceptors (Lipinski definition) is 3. The molecule has 1 aromatic heterocycles. The molecule has 0 radical (unpaired) electrons. The maximum Gasteiger partial charge on any atom is 0.387 e. The number of rotatable bonds is 4. The van der Waals surface area contributed by atoms with Crippen molar-refractivity contribution in [2.45, 2.75) is 12.7 Å². The molecule has 0 saturated heterocycles. The number of nitrogens with two attached hydrogens (primary N) is 1. The molecule has 0 aliphatic rings. The van der Waals surface area contributed by atoms with Crippen LogP contribution in [0.25, 0.3) is 0 Å². The monoisotopic (exact) mass is 253 g/mol. The Morgan fingerprint density at radius 1 is 1.22 bits per heavy atom. The van der Waals surface area contributed by atoms with Gasteiger partial charge >= 0.3 is 6.61 Å². The van der Waals surface area contributed by atoms with E-state index in [9.17, 15) is 8.78 Å². The summed E-state index contributed by atoms with van der Waals surface area (Å²) in [6.45, 7) is -2.82. The molecule has 0 unspecified atom stereocenters. The van der Waals surface area contributed by atoms with E-state index in [1.807, 2.05) is 6.20 Å².